The second kappa shape index (κ2) is 7.61. The van der Waals surface area contributed by atoms with Crippen LogP contribution in [0, 0.1) is 5.92 Å². The molecule has 1 aromatic rings. The lowest BCUT2D eigenvalue weighted by atomic mass is 9.88. The molecular formula is C16H21ClN2O3. The molecule has 6 heteroatoms. The topological polar surface area (TPSA) is 72.6 Å². The second-order valence-electron chi connectivity index (χ2n) is 5.68. The van der Waals surface area contributed by atoms with Crippen LogP contribution in [0.5, 0.6) is 0 Å². The largest absolute Gasteiger partial charge is 0.365 e. The minimum Gasteiger partial charge on any atom is -0.365 e. The highest BCUT2D eigenvalue weighted by molar-refractivity contribution is 6.30. The zero-order chi connectivity index (χ0) is 16.1. The molecule has 1 aliphatic heterocycles. The van der Waals surface area contributed by atoms with Crippen LogP contribution in [0.1, 0.15) is 31.4 Å². The molecule has 1 aromatic carbocycles. The lowest BCUT2D eigenvalue weighted by Gasteiger charge is -2.36. The van der Waals surface area contributed by atoms with Gasteiger partial charge in [0.25, 0.3) is 0 Å². The summed E-state index contributed by atoms with van der Waals surface area (Å²) < 4.78 is 5.83. The van der Waals surface area contributed by atoms with Gasteiger partial charge in [-0.3, -0.25) is 4.79 Å². The zero-order valence-electron chi connectivity index (χ0n) is 12.6. The summed E-state index contributed by atoms with van der Waals surface area (Å²) in [5.74, 6) is 0.0636. The molecule has 2 atom stereocenters. The normalized spacial score (nSPS) is 19.7. The number of halogens is 1. The number of rotatable bonds is 5. The molecular weight excluding hydrogens is 304 g/mol. The molecule has 0 spiro atoms. The number of nitrogens with two attached hydrogens (primary N) is 1. The SMILES string of the molecule is CC(=O)CO[C@@H](c1cccc(Cl)c1)[C@@H]1CCCN(C(N)=O)C1. The van der Waals surface area contributed by atoms with Crippen LogP contribution in [0.3, 0.4) is 0 Å². The van der Waals surface area contributed by atoms with E-state index < -0.39 is 6.03 Å². The Balaban J connectivity index is 2.19. The van der Waals surface area contributed by atoms with Gasteiger partial charge in [-0.25, -0.2) is 4.79 Å². The van der Waals surface area contributed by atoms with Crippen LogP contribution in [-0.4, -0.2) is 36.4 Å². The quantitative estimate of drug-likeness (QED) is 0.905. The van der Waals surface area contributed by atoms with Gasteiger partial charge >= 0.3 is 6.03 Å². The standard InChI is InChI=1S/C16H21ClN2O3/c1-11(20)10-22-15(12-4-2-6-14(17)8-12)13-5-3-7-19(9-13)16(18)21/h2,4,6,8,13,15H,3,5,7,9-10H2,1H3,(H2,18,21)/t13-,15+/m1/s1. The van der Waals surface area contributed by atoms with Gasteiger partial charge in [-0.2, -0.15) is 0 Å². The lowest BCUT2D eigenvalue weighted by Crippen LogP contribution is -2.44. The third-order valence-corrected chi connectivity index (χ3v) is 4.08. The number of amides is 2. The number of hydrogen-bond donors (Lipinski definition) is 1. The summed E-state index contributed by atoms with van der Waals surface area (Å²) in [5, 5.41) is 0.622. The van der Waals surface area contributed by atoms with Crippen molar-refractivity contribution in [2.24, 2.45) is 11.7 Å². The lowest BCUT2D eigenvalue weighted by molar-refractivity contribution is -0.125. The van der Waals surface area contributed by atoms with Gasteiger partial charge in [0.2, 0.25) is 0 Å². The van der Waals surface area contributed by atoms with Crippen LogP contribution in [0.25, 0.3) is 0 Å². The van der Waals surface area contributed by atoms with E-state index >= 15 is 0 Å². The van der Waals surface area contributed by atoms with Gasteiger partial charge in [0.05, 0.1) is 6.10 Å². The molecule has 5 nitrogen and oxygen atoms in total. The van der Waals surface area contributed by atoms with Gasteiger partial charge in [0, 0.05) is 24.0 Å². The molecule has 22 heavy (non-hydrogen) atoms. The van der Waals surface area contributed by atoms with Gasteiger partial charge in [-0.15, -0.1) is 0 Å². The maximum absolute atomic E-state index is 11.4. The molecule has 0 saturated carbocycles. The smallest absolute Gasteiger partial charge is 0.314 e. The maximum atomic E-state index is 11.4. The van der Waals surface area contributed by atoms with Crippen molar-refractivity contribution in [1.29, 1.82) is 0 Å². The summed E-state index contributed by atoms with van der Waals surface area (Å²) in [7, 11) is 0. The fourth-order valence-electron chi connectivity index (χ4n) is 2.85. The van der Waals surface area contributed by atoms with Crippen LogP contribution in [0.2, 0.25) is 5.02 Å². The Morgan fingerprint density at radius 2 is 2.27 bits per heavy atom. The fourth-order valence-corrected chi connectivity index (χ4v) is 3.05. The zero-order valence-corrected chi connectivity index (χ0v) is 13.4. The van der Waals surface area contributed by atoms with E-state index in [4.69, 9.17) is 22.1 Å². The molecule has 1 heterocycles. The predicted octanol–water partition coefficient (Wildman–Crippen LogP) is 2.78. The van der Waals surface area contributed by atoms with Crippen molar-refractivity contribution in [2.75, 3.05) is 19.7 Å². The number of ether oxygens (including phenoxy) is 1. The van der Waals surface area contributed by atoms with Gasteiger partial charge in [0.15, 0.2) is 5.78 Å². The fraction of sp³-hybridized carbons (Fsp3) is 0.500. The number of Topliss-reactive ketones (excluding diaryl/α,β-unsaturated/α-hetero) is 1. The number of primary amides is 1. The average Bonchev–Trinajstić information content (AvgIpc) is 2.47. The first kappa shape index (κ1) is 16.8. The molecule has 2 rings (SSSR count). The molecule has 1 saturated heterocycles. The molecule has 120 valence electrons. The Morgan fingerprint density at radius 1 is 1.50 bits per heavy atom. The molecule has 1 fully saturated rings. The van der Waals surface area contributed by atoms with Crippen molar-refractivity contribution in [3.8, 4) is 0 Å². The van der Waals surface area contributed by atoms with Gasteiger partial charge in [-0.1, -0.05) is 23.7 Å². The third-order valence-electron chi connectivity index (χ3n) is 3.84. The van der Waals surface area contributed by atoms with Crippen LogP contribution in [0.4, 0.5) is 4.79 Å². The van der Waals surface area contributed by atoms with Crippen molar-refractivity contribution in [3.05, 3.63) is 34.9 Å². The van der Waals surface area contributed by atoms with Crippen LogP contribution >= 0.6 is 11.6 Å². The number of urea groups is 1. The number of carbonyl (C=O) groups is 2. The van der Waals surface area contributed by atoms with Crippen LogP contribution < -0.4 is 5.73 Å². The summed E-state index contributed by atoms with van der Waals surface area (Å²) in [6, 6.07) is 7.01. The molecule has 2 amide bonds. The summed E-state index contributed by atoms with van der Waals surface area (Å²) in [6.45, 7) is 2.74. The number of likely N-dealkylation sites (tertiary alicyclic amines) is 1. The Bertz CT molecular complexity index is 550. The van der Waals surface area contributed by atoms with Crippen molar-refractivity contribution in [2.45, 2.75) is 25.9 Å². The van der Waals surface area contributed by atoms with E-state index in [2.05, 4.69) is 0 Å². The first-order valence-corrected chi connectivity index (χ1v) is 7.76. The van der Waals surface area contributed by atoms with E-state index in [-0.39, 0.29) is 24.4 Å². The van der Waals surface area contributed by atoms with Crippen molar-refractivity contribution in [1.82, 2.24) is 4.90 Å². The van der Waals surface area contributed by atoms with E-state index in [1.165, 1.54) is 6.92 Å². The van der Waals surface area contributed by atoms with Gasteiger partial charge < -0.3 is 15.4 Å². The van der Waals surface area contributed by atoms with Crippen LogP contribution in [0.15, 0.2) is 24.3 Å². The van der Waals surface area contributed by atoms with Gasteiger partial charge in [0.1, 0.15) is 6.61 Å². The Morgan fingerprint density at radius 3 is 2.91 bits per heavy atom. The van der Waals surface area contributed by atoms with E-state index in [1.54, 1.807) is 11.0 Å². The summed E-state index contributed by atoms with van der Waals surface area (Å²) in [6.07, 6.45) is 1.51. The number of hydrogen-bond acceptors (Lipinski definition) is 3. The Hall–Kier alpha value is -1.59. The monoisotopic (exact) mass is 324 g/mol. The van der Waals surface area contributed by atoms with Crippen LogP contribution in [-0.2, 0) is 9.53 Å². The molecule has 0 aromatic heterocycles. The minimum absolute atomic E-state index is 0.0328. The number of benzene rings is 1. The second-order valence-corrected chi connectivity index (χ2v) is 6.11. The first-order valence-electron chi connectivity index (χ1n) is 7.38. The number of piperidine rings is 1. The summed E-state index contributed by atoms with van der Waals surface area (Å²) in [5.41, 5.74) is 6.31. The number of carbonyl (C=O) groups excluding carboxylic acids is 2. The molecule has 0 unspecified atom stereocenters. The molecule has 2 N–H and O–H groups in total. The molecule has 1 aliphatic rings. The highest BCUT2D eigenvalue weighted by Gasteiger charge is 2.30. The molecule has 0 radical (unpaired) electrons. The maximum Gasteiger partial charge on any atom is 0.314 e. The van der Waals surface area contributed by atoms with E-state index in [0.29, 0.717) is 18.1 Å². The Kier molecular flexibility index (Phi) is 5.80. The highest BCUT2D eigenvalue weighted by Crippen LogP contribution is 2.33. The van der Waals surface area contributed by atoms with Crippen molar-refractivity contribution in [3.63, 3.8) is 0 Å². The highest BCUT2D eigenvalue weighted by atomic mass is 35.5. The summed E-state index contributed by atoms with van der Waals surface area (Å²) >= 11 is 6.06. The number of ketones is 1. The van der Waals surface area contributed by atoms with E-state index in [9.17, 15) is 9.59 Å². The van der Waals surface area contributed by atoms with E-state index in [1.807, 2.05) is 18.2 Å². The molecule has 0 bridgehead atoms. The van der Waals surface area contributed by atoms with Crippen molar-refractivity contribution < 1.29 is 14.3 Å². The minimum atomic E-state index is -0.416. The Labute approximate surface area is 135 Å². The number of nitrogens with zero attached hydrogens (tertiary/aromatic N) is 1. The third kappa shape index (κ3) is 4.45. The summed E-state index contributed by atoms with van der Waals surface area (Å²) in [4.78, 5) is 24.3. The van der Waals surface area contributed by atoms with Crippen molar-refractivity contribution >= 4 is 23.4 Å². The molecule has 0 aliphatic carbocycles. The average molecular weight is 325 g/mol. The first-order chi connectivity index (χ1) is 10.5. The van der Waals surface area contributed by atoms with Gasteiger partial charge in [-0.05, 0) is 37.5 Å². The van der Waals surface area contributed by atoms with E-state index in [0.717, 1.165) is 18.4 Å². The predicted molar refractivity (Wildman–Crippen MR) is 84.7 cm³/mol.